The van der Waals surface area contributed by atoms with Crippen LogP contribution in [0.15, 0.2) is 77.3 Å². The largest absolute Gasteiger partial charge is 0.316 e. The summed E-state index contributed by atoms with van der Waals surface area (Å²) in [6, 6.07) is 19.1. The van der Waals surface area contributed by atoms with Crippen molar-refractivity contribution in [3.05, 3.63) is 103 Å². The summed E-state index contributed by atoms with van der Waals surface area (Å²) < 4.78 is 0.845. The molecule has 0 radical (unpaired) electrons. The average Bonchev–Trinajstić information content (AvgIpc) is 2.78. The van der Waals surface area contributed by atoms with Crippen LogP contribution in [0.25, 0.3) is 22.2 Å². The Hall–Kier alpha value is -4.18. The van der Waals surface area contributed by atoms with Crippen LogP contribution in [0.3, 0.4) is 0 Å². The smallest absolute Gasteiger partial charge is 0.299 e. The van der Waals surface area contributed by atoms with Gasteiger partial charge in [0.05, 0.1) is 32.7 Å². The van der Waals surface area contributed by atoms with Crippen molar-refractivity contribution in [1.82, 2.24) is 4.98 Å². The number of hydrogen-bond donors (Lipinski definition) is 1. The second-order valence-corrected chi connectivity index (χ2v) is 7.67. The minimum absolute atomic E-state index is 0.143. The molecule has 1 heterocycles. The molecule has 4 aromatic rings. The number of benzene rings is 3. The van der Waals surface area contributed by atoms with Crippen LogP contribution in [-0.2, 0) is 0 Å². The van der Waals surface area contributed by atoms with Crippen molar-refractivity contribution in [2.24, 2.45) is 0 Å². The fourth-order valence-corrected chi connectivity index (χ4v) is 3.64. The highest BCUT2D eigenvalue weighted by Crippen LogP contribution is 2.31. The van der Waals surface area contributed by atoms with Crippen molar-refractivity contribution in [3.8, 4) is 11.3 Å². The number of fused-ring (bicyclic) bond motifs is 1. The number of amides is 1. The van der Waals surface area contributed by atoms with E-state index in [0.29, 0.717) is 16.6 Å². The number of carbonyl (C=O) groups excluding carboxylic acids is 1. The molecule has 0 aliphatic rings. The summed E-state index contributed by atoms with van der Waals surface area (Å²) in [4.78, 5) is 38.7. The first-order valence-corrected chi connectivity index (χ1v) is 10.0. The first-order valence-electron chi connectivity index (χ1n) is 9.23. The number of aromatic nitrogens is 1. The van der Waals surface area contributed by atoms with Gasteiger partial charge in [-0.05, 0) is 30.3 Å². The Balaban J connectivity index is 1.81. The van der Waals surface area contributed by atoms with Gasteiger partial charge in [-0.1, -0.05) is 46.3 Å². The number of para-hydroxylation sites is 1. The van der Waals surface area contributed by atoms with Crippen molar-refractivity contribution in [2.75, 3.05) is 5.32 Å². The molecule has 0 aliphatic heterocycles. The van der Waals surface area contributed by atoms with Gasteiger partial charge in [-0.15, -0.1) is 0 Å². The van der Waals surface area contributed by atoms with E-state index in [1.54, 1.807) is 30.3 Å². The molecule has 1 amide bonds. The third kappa shape index (κ3) is 4.16. The van der Waals surface area contributed by atoms with Crippen LogP contribution in [0.1, 0.15) is 10.4 Å². The zero-order valence-corrected chi connectivity index (χ0v) is 17.8. The highest BCUT2D eigenvalue weighted by atomic mass is 79.9. The minimum atomic E-state index is -0.778. The SMILES string of the molecule is O=C(Nc1ccc([N+](=O)[O-])cc1[N+](=O)[O-])c1cc(-c2cccc(Br)c2)nc2ccccc12. The normalized spacial score (nSPS) is 10.7. The number of pyridine rings is 1. The van der Waals surface area contributed by atoms with Gasteiger partial charge in [0.1, 0.15) is 5.69 Å². The quantitative estimate of drug-likeness (QED) is 0.279. The van der Waals surface area contributed by atoms with Crippen molar-refractivity contribution in [2.45, 2.75) is 0 Å². The molecule has 1 N–H and O–H groups in total. The Morgan fingerprint density at radius 3 is 2.41 bits per heavy atom. The second-order valence-electron chi connectivity index (χ2n) is 6.75. The molecule has 0 atom stereocenters. The number of halogens is 1. The summed E-state index contributed by atoms with van der Waals surface area (Å²) in [5.41, 5.74) is 1.01. The predicted octanol–water partition coefficient (Wildman–Crippen LogP) is 5.73. The summed E-state index contributed by atoms with van der Waals surface area (Å²) in [6.07, 6.45) is 0. The van der Waals surface area contributed by atoms with Crippen LogP contribution in [0.5, 0.6) is 0 Å². The molecule has 0 fully saturated rings. The molecule has 0 spiro atoms. The third-order valence-electron chi connectivity index (χ3n) is 4.72. The van der Waals surface area contributed by atoms with Crippen LogP contribution in [0.2, 0.25) is 0 Å². The summed E-state index contributed by atoms with van der Waals surface area (Å²) in [7, 11) is 0. The number of non-ortho nitro benzene ring substituents is 1. The van der Waals surface area contributed by atoms with E-state index in [1.165, 1.54) is 0 Å². The van der Waals surface area contributed by atoms with E-state index in [-0.39, 0.29) is 11.3 Å². The Bertz CT molecular complexity index is 1410. The van der Waals surface area contributed by atoms with E-state index in [1.807, 2.05) is 24.3 Å². The van der Waals surface area contributed by atoms with Crippen molar-refractivity contribution in [1.29, 1.82) is 0 Å². The van der Waals surface area contributed by atoms with Gasteiger partial charge in [0.15, 0.2) is 0 Å². The monoisotopic (exact) mass is 492 g/mol. The number of nitro groups is 2. The van der Waals surface area contributed by atoms with Crippen LogP contribution in [0.4, 0.5) is 17.1 Å². The number of hydrogen-bond acceptors (Lipinski definition) is 6. The summed E-state index contributed by atoms with van der Waals surface area (Å²) in [6.45, 7) is 0. The fourth-order valence-electron chi connectivity index (χ4n) is 3.24. The van der Waals surface area contributed by atoms with Gasteiger partial charge in [0, 0.05) is 21.5 Å². The van der Waals surface area contributed by atoms with Gasteiger partial charge < -0.3 is 5.32 Å². The molecule has 9 nitrogen and oxygen atoms in total. The van der Waals surface area contributed by atoms with Crippen LogP contribution in [-0.4, -0.2) is 20.7 Å². The van der Waals surface area contributed by atoms with Gasteiger partial charge in [0.25, 0.3) is 17.3 Å². The van der Waals surface area contributed by atoms with Crippen molar-refractivity contribution < 1.29 is 14.6 Å². The molecule has 0 unspecified atom stereocenters. The first-order chi connectivity index (χ1) is 15.3. The topological polar surface area (TPSA) is 128 Å². The molecule has 4 rings (SSSR count). The van der Waals surface area contributed by atoms with Crippen LogP contribution >= 0.6 is 15.9 Å². The summed E-state index contributed by atoms with van der Waals surface area (Å²) >= 11 is 3.42. The maximum Gasteiger partial charge on any atom is 0.299 e. The number of nitrogens with zero attached hydrogens (tertiary/aromatic N) is 3. The zero-order chi connectivity index (χ0) is 22.8. The number of rotatable bonds is 5. The average molecular weight is 493 g/mol. The van der Waals surface area contributed by atoms with Gasteiger partial charge in [-0.2, -0.15) is 0 Å². The highest BCUT2D eigenvalue weighted by molar-refractivity contribution is 9.10. The van der Waals surface area contributed by atoms with Crippen molar-refractivity contribution >= 4 is 49.8 Å². The second kappa shape index (κ2) is 8.52. The van der Waals surface area contributed by atoms with Gasteiger partial charge in [0.2, 0.25) is 0 Å². The molecule has 32 heavy (non-hydrogen) atoms. The number of anilines is 1. The van der Waals surface area contributed by atoms with E-state index in [2.05, 4.69) is 26.2 Å². The Kier molecular flexibility index (Phi) is 5.61. The first kappa shape index (κ1) is 21.1. The van der Waals surface area contributed by atoms with E-state index in [9.17, 15) is 25.0 Å². The lowest BCUT2D eigenvalue weighted by Crippen LogP contribution is -2.14. The van der Waals surface area contributed by atoms with Gasteiger partial charge in [-0.25, -0.2) is 4.98 Å². The zero-order valence-electron chi connectivity index (χ0n) is 16.2. The fraction of sp³-hybridized carbons (Fsp3) is 0. The molecule has 0 saturated carbocycles. The number of carbonyl (C=O) groups is 1. The summed E-state index contributed by atoms with van der Waals surface area (Å²) in [5, 5.41) is 25.5. The maximum absolute atomic E-state index is 13.2. The molecule has 10 heteroatoms. The molecule has 3 aromatic carbocycles. The molecular formula is C22H13BrN4O5. The van der Waals surface area contributed by atoms with Crippen molar-refractivity contribution in [3.63, 3.8) is 0 Å². The van der Waals surface area contributed by atoms with E-state index < -0.39 is 27.1 Å². The lowest BCUT2D eigenvalue weighted by Gasteiger charge is -2.11. The molecule has 0 bridgehead atoms. The number of nitrogens with one attached hydrogen (secondary N) is 1. The molecule has 158 valence electrons. The standard InChI is InChI=1S/C22H13BrN4O5/c23-14-5-3-4-13(10-14)20-12-17(16-6-1-2-7-18(16)24-20)22(28)25-19-9-8-15(26(29)30)11-21(19)27(31)32/h1-12H,(H,25,28). The molecule has 0 saturated heterocycles. The third-order valence-corrected chi connectivity index (χ3v) is 5.21. The Labute approximate surface area is 189 Å². The van der Waals surface area contributed by atoms with Gasteiger partial charge in [-0.3, -0.25) is 25.0 Å². The Morgan fingerprint density at radius 1 is 0.906 bits per heavy atom. The lowest BCUT2D eigenvalue weighted by atomic mass is 10.0. The minimum Gasteiger partial charge on any atom is -0.316 e. The molecule has 0 aliphatic carbocycles. The van der Waals surface area contributed by atoms with E-state index in [0.717, 1.165) is 28.2 Å². The molecular weight excluding hydrogens is 480 g/mol. The lowest BCUT2D eigenvalue weighted by molar-refractivity contribution is -0.393. The maximum atomic E-state index is 13.2. The van der Waals surface area contributed by atoms with E-state index in [4.69, 9.17) is 0 Å². The molecule has 1 aromatic heterocycles. The predicted molar refractivity (Wildman–Crippen MR) is 123 cm³/mol. The number of nitro benzene ring substituents is 2. The highest BCUT2D eigenvalue weighted by Gasteiger charge is 2.22. The van der Waals surface area contributed by atoms with E-state index >= 15 is 0 Å². The Morgan fingerprint density at radius 2 is 1.69 bits per heavy atom. The van der Waals surface area contributed by atoms with Crippen LogP contribution < -0.4 is 5.32 Å². The van der Waals surface area contributed by atoms with Gasteiger partial charge >= 0.3 is 0 Å². The van der Waals surface area contributed by atoms with Crippen LogP contribution in [0, 0.1) is 20.2 Å². The summed E-state index contributed by atoms with van der Waals surface area (Å²) in [5.74, 6) is -0.600.